The van der Waals surface area contributed by atoms with Crippen LogP contribution in [0.3, 0.4) is 0 Å². The van der Waals surface area contributed by atoms with Gasteiger partial charge >= 0.3 is 10.2 Å². The standard InChI is InChI=1S/C8H7ClF2O2S/c1-5(14(11,12)13)7-3-2-6(10)4-8(7)9/h2-5H,1H3. The molecule has 2 nitrogen and oxygen atoms in total. The number of hydrogen-bond donors (Lipinski definition) is 0. The maximum absolute atomic E-state index is 12.6. The van der Waals surface area contributed by atoms with Gasteiger partial charge in [0.15, 0.2) is 0 Å². The van der Waals surface area contributed by atoms with Gasteiger partial charge in [-0.25, -0.2) is 4.39 Å². The molecule has 0 fully saturated rings. The third kappa shape index (κ3) is 2.42. The van der Waals surface area contributed by atoms with Gasteiger partial charge in [0, 0.05) is 5.02 Å². The summed E-state index contributed by atoms with van der Waals surface area (Å²) in [5.41, 5.74) is 0.0515. The van der Waals surface area contributed by atoms with Crippen molar-refractivity contribution in [2.75, 3.05) is 0 Å². The second kappa shape index (κ2) is 3.82. The van der Waals surface area contributed by atoms with Crippen molar-refractivity contribution >= 4 is 21.8 Å². The summed E-state index contributed by atoms with van der Waals surface area (Å²) in [5, 5.41) is -1.48. The molecule has 14 heavy (non-hydrogen) atoms. The Bertz CT molecular complexity index is 445. The predicted octanol–water partition coefficient (Wildman–Crippen LogP) is 2.84. The minimum Gasteiger partial charge on any atom is -0.207 e. The van der Waals surface area contributed by atoms with Crippen molar-refractivity contribution in [2.45, 2.75) is 12.2 Å². The van der Waals surface area contributed by atoms with Gasteiger partial charge in [-0.2, -0.15) is 8.42 Å². The lowest BCUT2D eigenvalue weighted by atomic mass is 10.2. The first kappa shape index (κ1) is 11.4. The van der Waals surface area contributed by atoms with Crippen LogP contribution in [0, 0.1) is 5.82 Å². The van der Waals surface area contributed by atoms with E-state index < -0.39 is 21.3 Å². The lowest BCUT2D eigenvalue weighted by Gasteiger charge is -2.08. The van der Waals surface area contributed by atoms with Crippen LogP contribution in [0.1, 0.15) is 17.7 Å². The third-order valence-electron chi connectivity index (χ3n) is 1.82. The molecule has 6 heteroatoms. The molecule has 0 spiro atoms. The fourth-order valence-corrected chi connectivity index (χ4v) is 1.89. The zero-order chi connectivity index (χ0) is 10.9. The van der Waals surface area contributed by atoms with Crippen molar-refractivity contribution in [3.8, 4) is 0 Å². The van der Waals surface area contributed by atoms with Crippen LogP contribution in [0.5, 0.6) is 0 Å². The zero-order valence-electron chi connectivity index (χ0n) is 7.17. The quantitative estimate of drug-likeness (QED) is 0.745. The summed E-state index contributed by atoms with van der Waals surface area (Å²) in [6.45, 7) is 1.15. The fraction of sp³-hybridized carbons (Fsp3) is 0.250. The van der Waals surface area contributed by atoms with E-state index in [0.29, 0.717) is 0 Å². The van der Waals surface area contributed by atoms with E-state index in [1.165, 1.54) is 0 Å². The van der Waals surface area contributed by atoms with Gasteiger partial charge in [-0.15, -0.1) is 3.89 Å². The molecule has 0 aromatic heterocycles. The lowest BCUT2D eigenvalue weighted by Crippen LogP contribution is -2.04. The monoisotopic (exact) mass is 240 g/mol. The molecule has 1 atom stereocenters. The van der Waals surface area contributed by atoms with E-state index in [1.54, 1.807) is 0 Å². The molecule has 0 aliphatic carbocycles. The van der Waals surface area contributed by atoms with E-state index in [0.717, 1.165) is 25.1 Å². The molecule has 1 rings (SSSR count). The van der Waals surface area contributed by atoms with Crippen LogP contribution in [0.2, 0.25) is 5.02 Å². The van der Waals surface area contributed by atoms with E-state index in [-0.39, 0.29) is 10.6 Å². The maximum atomic E-state index is 12.6. The van der Waals surface area contributed by atoms with E-state index in [9.17, 15) is 16.7 Å². The summed E-state index contributed by atoms with van der Waals surface area (Å²) in [6, 6.07) is 3.13. The Labute approximate surface area is 85.7 Å². The zero-order valence-corrected chi connectivity index (χ0v) is 8.74. The van der Waals surface area contributed by atoms with Gasteiger partial charge in [-0.1, -0.05) is 17.7 Å². The Morgan fingerprint density at radius 2 is 2.00 bits per heavy atom. The Kier molecular flexibility index (Phi) is 3.11. The number of hydrogen-bond acceptors (Lipinski definition) is 2. The van der Waals surface area contributed by atoms with Crippen molar-refractivity contribution in [1.82, 2.24) is 0 Å². The van der Waals surface area contributed by atoms with Gasteiger partial charge in [0.1, 0.15) is 11.1 Å². The van der Waals surface area contributed by atoms with Crippen molar-refractivity contribution in [3.05, 3.63) is 34.6 Å². The minimum absolute atomic E-state index is 0.0515. The van der Waals surface area contributed by atoms with Crippen LogP contribution in [0.25, 0.3) is 0 Å². The average molecular weight is 241 g/mol. The molecule has 0 saturated heterocycles. The number of benzene rings is 1. The first-order valence-electron chi connectivity index (χ1n) is 3.71. The molecule has 0 N–H and O–H groups in total. The highest BCUT2D eigenvalue weighted by Crippen LogP contribution is 2.29. The summed E-state index contributed by atoms with van der Waals surface area (Å²) in [4.78, 5) is 0. The largest absolute Gasteiger partial charge is 0.309 e. The third-order valence-corrected chi connectivity index (χ3v) is 3.25. The summed E-state index contributed by atoms with van der Waals surface area (Å²) in [5.74, 6) is -0.595. The summed E-state index contributed by atoms with van der Waals surface area (Å²) < 4.78 is 46.2. The molecular formula is C8H7ClF2O2S. The summed E-state index contributed by atoms with van der Waals surface area (Å²) in [7, 11) is -4.70. The van der Waals surface area contributed by atoms with Crippen LogP contribution >= 0.6 is 11.6 Å². The van der Waals surface area contributed by atoms with Gasteiger partial charge in [-0.05, 0) is 24.6 Å². The molecule has 0 bridgehead atoms. The van der Waals surface area contributed by atoms with E-state index in [1.807, 2.05) is 0 Å². The highest BCUT2D eigenvalue weighted by Gasteiger charge is 2.23. The molecule has 0 aliphatic rings. The number of rotatable bonds is 2. The Balaban J connectivity index is 3.21. The van der Waals surface area contributed by atoms with E-state index in [4.69, 9.17) is 11.6 Å². The Morgan fingerprint density at radius 1 is 1.43 bits per heavy atom. The summed E-state index contributed by atoms with van der Waals surface area (Å²) in [6.07, 6.45) is 0. The molecule has 0 saturated carbocycles. The molecule has 0 heterocycles. The summed E-state index contributed by atoms with van der Waals surface area (Å²) >= 11 is 5.56. The van der Waals surface area contributed by atoms with Crippen LogP contribution < -0.4 is 0 Å². The van der Waals surface area contributed by atoms with Crippen LogP contribution in [-0.4, -0.2) is 8.42 Å². The molecule has 0 aliphatic heterocycles. The highest BCUT2D eigenvalue weighted by molar-refractivity contribution is 7.86. The highest BCUT2D eigenvalue weighted by atomic mass is 35.5. The van der Waals surface area contributed by atoms with Crippen molar-refractivity contribution < 1.29 is 16.7 Å². The van der Waals surface area contributed by atoms with Crippen molar-refractivity contribution in [1.29, 1.82) is 0 Å². The number of halogens is 3. The second-order valence-electron chi connectivity index (χ2n) is 2.78. The molecular weight excluding hydrogens is 234 g/mol. The van der Waals surface area contributed by atoms with E-state index >= 15 is 0 Å². The van der Waals surface area contributed by atoms with E-state index in [2.05, 4.69) is 0 Å². The molecule has 78 valence electrons. The van der Waals surface area contributed by atoms with Gasteiger partial charge in [-0.3, -0.25) is 0 Å². The lowest BCUT2D eigenvalue weighted by molar-refractivity contribution is 0.540. The normalized spacial score (nSPS) is 14.0. The van der Waals surface area contributed by atoms with Gasteiger partial charge in [0.05, 0.1) is 0 Å². The van der Waals surface area contributed by atoms with Gasteiger partial charge in [0.2, 0.25) is 0 Å². The van der Waals surface area contributed by atoms with Crippen LogP contribution in [-0.2, 0) is 10.2 Å². The van der Waals surface area contributed by atoms with Crippen LogP contribution in [0.15, 0.2) is 18.2 Å². The minimum atomic E-state index is -4.70. The first-order valence-corrected chi connectivity index (χ1v) is 5.53. The second-order valence-corrected chi connectivity index (χ2v) is 4.85. The van der Waals surface area contributed by atoms with Crippen LogP contribution in [0.4, 0.5) is 8.28 Å². The fourth-order valence-electron chi connectivity index (χ4n) is 0.983. The first-order chi connectivity index (χ1) is 6.32. The Hall–Kier alpha value is -0.680. The predicted molar refractivity (Wildman–Crippen MR) is 49.9 cm³/mol. The molecule has 0 amide bonds. The molecule has 1 aromatic carbocycles. The van der Waals surface area contributed by atoms with Crippen molar-refractivity contribution in [2.24, 2.45) is 0 Å². The SMILES string of the molecule is CC(c1ccc(F)cc1Cl)S(=O)(=O)F. The van der Waals surface area contributed by atoms with Gasteiger partial charge in [0.25, 0.3) is 0 Å². The topological polar surface area (TPSA) is 34.1 Å². The van der Waals surface area contributed by atoms with Gasteiger partial charge < -0.3 is 0 Å². The average Bonchev–Trinajstić information content (AvgIpc) is 2.01. The smallest absolute Gasteiger partial charge is 0.207 e. The molecule has 1 unspecified atom stereocenters. The molecule has 0 radical (unpaired) electrons. The molecule has 1 aromatic rings. The maximum Gasteiger partial charge on any atom is 0.309 e. The Morgan fingerprint density at radius 3 is 2.43 bits per heavy atom. The van der Waals surface area contributed by atoms with Crippen molar-refractivity contribution in [3.63, 3.8) is 0 Å².